The minimum Gasteiger partial charge on any atom is -0.204 e. The summed E-state index contributed by atoms with van der Waals surface area (Å²) in [5, 5.41) is -6.08. The first kappa shape index (κ1) is 33.2. The van der Waals surface area contributed by atoms with E-state index in [1.807, 2.05) is 0 Å². The number of halogens is 20. The second-order valence-electron chi connectivity index (χ2n) is 10.8. The van der Waals surface area contributed by atoms with E-state index in [0.29, 0.717) is 0 Å². The Balaban J connectivity index is 1.78. The van der Waals surface area contributed by atoms with Crippen LogP contribution >= 0.6 is 0 Å². The summed E-state index contributed by atoms with van der Waals surface area (Å²) in [7, 11) is 0. The van der Waals surface area contributed by atoms with Crippen LogP contribution in [0.1, 0.15) is 22.3 Å². The molecule has 20 heteroatoms. The van der Waals surface area contributed by atoms with Gasteiger partial charge in [-0.25, -0.2) is 8.78 Å². The Morgan fingerprint density at radius 2 is 0.596 bits per heavy atom. The molecular weight excluding hydrogens is 704 g/mol. The van der Waals surface area contributed by atoms with Crippen LogP contribution < -0.4 is 0 Å². The first-order valence-electron chi connectivity index (χ1n) is 12.3. The van der Waals surface area contributed by atoms with E-state index in [9.17, 15) is 87.8 Å². The van der Waals surface area contributed by atoms with Crippen molar-refractivity contribution in [1.82, 2.24) is 0 Å². The maximum Gasteiger partial charge on any atom is 0.383 e. The van der Waals surface area contributed by atoms with Crippen molar-refractivity contribution in [2.45, 2.75) is 53.3 Å². The summed E-state index contributed by atoms with van der Waals surface area (Å²) < 4.78 is 287. The number of benzene rings is 3. The van der Waals surface area contributed by atoms with Crippen LogP contribution in [0.2, 0.25) is 0 Å². The number of fused-ring (bicyclic) bond motifs is 6. The first-order chi connectivity index (χ1) is 21.0. The molecule has 6 rings (SSSR count). The third kappa shape index (κ3) is 3.29. The molecule has 0 heterocycles. The normalized spacial score (nSPS) is 26.8. The maximum absolute atomic E-state index is 15.0. The summed E-state index contributed by atoms with van der Waals surface area (Å²) >= 11 is 0. The molecule has 0 bridgehead atoms. The average Bonchev–Trinajstić information content (AvgIpc) is 3.16. The van der Waals surface area contributed by atoms with Crippen LogP contribution in [0.5, 0.6) is 0 Å². The van der Waals surface area contributed by atoms with Gasteiger partial charge in [0.15, 0.2) is 11.7 Å². The zero-order valence-corrected chi connectivity index (χ0v) is 21.5. The molecule has 3 aliphatic rings. The van der Waals surface area contributed by atoms with Gasteiger partial charge >= 0.3 is 53.3 Å². The fourth-order valence-corrected chi connectivity index (χ4v) is 5.90. The summed E-state index contributed by atoms with van der Waals surface area (Å²) in [4.78, 5) is 0. The minimum absolute atomic E-state index is 0.0850. The van der Waals surface area contributed by atoms with Crippen molar-refractivity contribution in [3.05, 3.63) is 70.3 Å². The van der Waals surface area contributed by atoms with Crippen molar-refractivity contribution in [3.8, 4) is 0 Å². The van der Waals surface area contributed by atoms with E-state index in [2.05, 4.69) is 0 Å². The van der Waals surface area contributed by atoms with Gasteiger partial charge in [-0.3, -0.25) is 0 Å². The van der Waals surface area contributed by atoms with Gasteiger partial charge in [-0.05, 0) is 44.8 Å². The van der Waals surface area contributed by atoms with Gasteiger partial charge in [0.1, 0.15) is 0 Å². The van der Waals surface area contributed by atoms with E-state index in [1.54, 1.807) is 0 Å². The van der Waals surface area contributed by atoms with Gasteiger partial charge in [-0.2, -0.15) is 79.0 Å². The second kappa shape index (κ2) is 8.45. The lowest BCUT2D eigenvalue weighted by Gasteiger charge is -2.25. The summed E-state index contributed by atoms with van der Waals surface area (Å²) in [5.41, 5.74) is -13.8. The third-order valence-electron chi connectivity index (χ3n) is 8.31. The van der Waals surface area contributed by atoms with Crippen molar-refractivity contribution in [3.63, 3.8) is 0 Å². The average molecular weight is 710 g/mol. The summed E-state index contributed by atoms with van der Waals surface area (Å²) in [5.74, 6) is -62.8. The van der Waals surface area contributed by atoms with E-state index in [0.717, 1.165) is 0 Å². The Bertz CT molecular complexity index is 1850. The molecule has 0 nitrogen and oxygen atoms in total. The van der Waals surface area contributed by atoms with Crippen LogP contribution in [0.15, 0.2) is 48.1 Å². The summed E-state index contributed by atoms with van der Waals surface area (Å²) in [6, 6.07) is -0.771. The van der Waals surface area contributed by atoms with Gasteiger partial charge in [0.05, 0.1) is 11.1 Å². The highest BCUT2D eigenvalue weighted by Gasteiger charge is 2.83. The quantitative estimate of drug-likeness (QED) is 0.184. The number of alkyl halides is 18. The molecule has 0 fully saturated rings. The lowest BCUT2D eigenvalue weighted by molar-refractivity contribution is -0.301. The Morgan fingerprint density at radius 3 is 0.851 bits per heavy atom. The van der Waals surface area contributed by atoms with E-state index >= 15 is 0 Å². The molecule has 0 spiro atoms. The predicted molar refractivity (Wildman–Crippen MR) is 120 cm³/mol. The van der Waals surface area contributed by atoms with Gasteiger partial charge in [-0.1, -0.05) is 24.3 Å². The van der Waals surface area contributed by atoms with E-state index < -0.39 is 120 Å². The highest BCUT2D eigenvalue weighted by Crippen LogP contribution is 2.68. The molecule has 0 N–H and O–H groups in total. The van der Waals surface area contributed by atoms with Crippen LogP contribution in [0.3, 0.4) is 0 Å². The molecule has 3 aromatic carbocycles. The summed E-state index contributed by atoms with van der Waals surface area (Å²) in [6.07, 6.45) is 0. The molecule has 0 aliphatic heterocycles. The van der Waals surface area contributed by atoms with Crippen molar-refractivity contribution in [1.29, 1.82) is 0 Å². The second-order valence-corrected chi connectivity index (χ2v) is 10.8. The van der Waals surface area contributed by atoms with Gasteiger partial charge in [0.2, 0.25) is 0 Å². The van der Waals surface area contributed by atoms with Crippen LogP contribution in [0.4, 0.5) is 87.8 Å². The van der Waals surface area contributed by atoms with Gasteiger partial charge in [0, 0.05) is 11.1 Å². The number of hydrogen-bond donors (Lipinski definition) is 0. The van der Waals surface area contributed by atoms with Crippen molar-refractivity contribution in [2.75, 3.05) is 0 Å². The van der Waals surface area contributed by atoms with Crippen molar-refractivity contribution in [2.24, 2.45) is 0 Å². The highest BCUT2D eigenvalue weighted by atomic mass is 19.4. The molecule has 0 aromatic heterocycles. The fourth-order valence-electron chi connectivity index (χ4n) is 5.90. The molecule has 254 valence electrons. The highest BCUT2D eigenvalue weighted by molar-refractivity contribution is 6.13. The third-order valence-corrected chi connectivity index (χ3v) is 8.31. The standard InChI is InChI=1S/C27H6F20/c28-17-13(19(30,31)26(44,45)23(17,38)39)7-1-3-9-11(5-7)12-6-8(14-18(29)24(40,41)27(46,47)20(14,32)33)2-4-10(12)16-15(9)21(34,35)25(42,43)22(16,36)37/h1-6H. The Kier molecular flexibility index (Phi) is 5.97. The molecule has 47 heavy (non-hydrogen) atoms. The summed E-state index contributed by atoms with van der Waals surface area (Å²) in [6.45, 7) is 0. The monoisotopic (exact) mass is 710 g/mol. The minimum atomic E-state index is -6.49. The Labute approximate surface area is 244 Å². The molecule has 0 saturated heterocycles. The first-order valence-corrected chi connectivity index (χ1v) is 12.3. The molecular formula is C27H6F20. The zero-order chi connectivity index (χ0) is 35.7. The molecule has 0 saturated carbocycles. The topological polar surface area (TPSA) is 0 Å². The van der Waals surface area contributed by atoms with Crippen LogP contribution in [0, 0.1) is 0 Å². The van der Waals surface area contributed by atoms with Crippen molar-refractivity contribution < 1.29 is 87.8 Å². The Hall–Kier alpha value is -3.74. The van der Waals surface area contributed by atoms with Gasteiger partial charge in [-0.15, -0.1) is 0 Å². The predicted octanol–water partition coefficient (Wildman–Crippen LogP) is 11.0. The molecule has 0 amide bonds. The largest absolute Gasteiger partial charge is 0.383 e. The zero-order valence-electron chi connectivity index (χ0n) is 21.5. The molecule has 3 aromatic rings. The van der Waals surface area contributed by atoms with E-state index in [1.165, 1.54) is 0 Å². The molecule has 0 unspecified atom stereocenters. The Morgan fingerprint density at radius 1 is 0.319 bits per heavy atom. The molecule has 0 atom stereocenters. The smallest absolute Gasteiger partial charge is 0.204 e. The van der Waals surface area contributed by atoms with E-state index in [-0.39, 0.29) is 36.4 Å². The van der Waals surface area contributed by atoms with E-state index in [4.69, 9.17) is 0 Å². The van der Waals surface area contributed by atoms with Gasteiger partial charge < -0.3 is 0 Å². The van der Waals surface area contributed by atoms with Gasteiger partial charge in [0.25, 0.3) is 0 Å². The number of hydrogen-bond acceptors (Lipinski definition) is 0. The lowest BCUT2D eigenvalue weighted by Crippen LogP contribution is -2.48. The van der Waals surface area contributed by atoms with Crippen LogP contribution in [-0.2, 0) is 11.8 Å². The van der Waals surface area contributed by atoms with Crippen molar-refractivity contribution >= 4 is 32.7 Å². The SMILES string of the molecule is FC1=C(c2ccc3c4c(c5ccc(C6=C(F)C(F)(F)C(F)(F)C6(F)F)cc5c3c2)C(F)(F)C(F)(F)C4(F)F)C(F)(F)C(F)(F)C1(F)F. The maximum atomic E-state index is 15.0. The lowest BCUT2D eigenvalue weighted by atomic mass is 9.87. The van der Waals surface area contributed by atoms with Crippen LogP contribution in [-0.4, -0.2) is 41.5 Å². The fraction of sp³-hybridized carbons (Fsp3) is 0.333. The number of allylic oxidation sites excluding steroid dienone is 4. The molecule has 3 aliphatic carbocycles. The number of rotatable bonds is 2. The van der Waals surface area contributed by atoms with Crippen LogP contribution in [0.25, 0.3) is 32.7 Å². The molecule has 0 radical (unpaired) electrons.